The van der Waals surface area contributed by atoms with Crippen LogP contribution < -0.4 is 11.1 Å². The largest absolute Gasteiger partial charge is 0.357 e. The van der Waals surface area contributed by atoms with Gasteiger partial charge in [0.1, 0.15) is 0 Å². The summed E-state index contributed by atoms with van der Waals surface area (Å²) in [6, 6.07) is 7.95. The number of H-pyrrole nitrogens is 1. The van der Waals surface area contributed by atoms with E-state index in [0.29, 0.717) is 13.0 Å². The number of hydrogen-bond acceptors (Lipinski definition) is 2. The van der Waals surface area contributed by atoms with Crippen LogP contribution in [0.5, 0.6) is 0 Å². The maximum atomic E-state index is 12.1. The summed E-state index contributed by atoms with van der Waals surface area (Å²) in [6.45, 7) is 6.44. The number of aryl methyl sites for hydroxylation is 1. The molecular formula is C15H21N3O. The van der Waals surface area contributed by atoms with Gasteiger partial charge in [-0.15, -0.1) is 0 Å². The van der Waals surface area contributed by atoms with Gasteiger partial charge < -0.3 is 16.0 Å². The van der Waals surface area contributed by atoms with Gasteiger partial charge in [0.15, 0.2) is 0 Å². The van der Waals surface area contributed by atoms with Crippen molar-refractivity contribution in [3.63, 3.8) is 0 Å². The van der Waals surface area contributed by atoms with Crippen molar-refractivity contribution in [1.29, 1.82) is 0 Å². The van der Waals surface area contributed by atoms with Gasteiger partial charge in [0.25, 0.3) is 0 Å². The Hall–Kier alpha value is -1.81. The number of hydrogen-bond donors (Lipinski definition) is 3. The molecule has 19 heavy (non-hydrogen) atoms. The molecule has 1 aromatic carbocycles. The van der Waals surface area contributed by atoms with Crippen LogP contribution in [0.4, 0.5) is 5.69 Å². The van der Waals surface area contributed by atoms with Gasteiger partial charge in [-0.2, -0.15) is 0 Å². The van der Waals surface area contributed by atoms with Crippen LogP contribution in [-0.4, -0.2) is 17.4 Å². The molecule has 0 saturated heterocycles. The molecule has 1 aromatic heterocycles. The molecule has 102 valence electrons. The lowest BCUT2D eigenvalue weighted by Gasteiger charge is -2.21. The van der Waals surface area contributed by atoms with Crippen LogP contribution in [0.2, 0.25) is 0 Å². The van der Waals surface area contributed by atoms with Gasteiger partial charge in [0, 0.05) is 23.0 Å². The van der Waals surface area contributed by atoms with E-state index in [-0.39, 0.29) is 11.3 Å². The Kier molecular flexibility index (Phi) is 3.62. The van der Waals surface area contributed by atoms with Crippen molar-refractivity contribution in [3.8, 4) is 0 Å². The second-order valence-electron chi connectivity index (χ2n) is 5.76. The van der Waals surface area contributed by atoms with Crippen molar-refractivity contribution in [3.05, 3.63) is 30.0 Å². The molecular weight excluding hydrogens is 238 g/mol. The fourth-order valence-electron chi connectivity index (χ4n) is 2.13. The lowest BCUT2D eigenvalue weighted by atomic mass is 9.89. The van der Waals surface area contributed by atoms with Crippen molar-refractivity contribution in [2.75, 3.05) is 11.9 Å². The van der Waals surface area contributed by atoms with E-state index in [2.05, 4.69) is 10.3 Å². The van der Waals surface area contributed by atoms with Gasteiger partial charge in [-0.25, -0.2) is 0 Å². The van der Waals surface area contributed by atoms with Gasteiger partial charge in [0.2, 0.25) is 5.91 Å². The molecule has 0 radical (unpaired) electrons. The number of rotatable bonds is 4. The first kappa shape index (κ1) is 13.6. The molecule has 0 aliphatic rings. The molecule has 4 heteroatoms. The smallest absolute Gasteiger partial charge is 0.225 e. The molecule has 4 nitrogen and oxygen atoms in total. The molecule has 1 amide bonds. The fourth-order valence-corrected chi connectivity index (χ4v) is 2.13. The highest BCUT2D eigenvalue weighted by molar-refractivity contribution is 6.03. The lowest BCUT2D eigenvalue weighted by Crippen LogP contribution is -2.29. The molecule has 0 saturated carbocycles. The van der Waals surface area contributed by atoms with Gasteiger partial charge in [0.05, 0.1) is 5.69 Å². The van der Waals surface area contributed by atoms with E-state index in [9.17, 15) is 4.79 Å². The summed E-state index contributed by atoms with van der Waals surface area (Å²) in [6.07, 6.45) is 0.419. The summed E-state index contributed by atoms with van der Waals surface area (Å²) in [5.74, 6) is 0.00306. The quantitative estimate of drug-likeness (QED) is 0.790. The van der Waals surface area contributed by atoms with E-state index in [4.69, 9.17) is 5.73 Å². The standard InChI is InChI=1S/C15H21N3O/c1-10-14(11-6-4-5-7-12(11)17-10)18-13(19)8-15(2,3)9-16/h4-7,17H,8-9,16H2,1-3H3,(H,18,19). The van der Waals surface area contributed by atoms with Crippen LogP contribution in [0.25, 0.3) is 10.9 Å². The van der Waals surface area contributed by atoms with Crippen molar-refractivity contribution in [2.24, 2.45) is 11.1 Å². The number of aromatic nitrogens is 1. The minimum absolute atomic E-state index is 0.00306. The summed E-state index contributed by atoms with van der Waals surface area (Å²) in [7, 11) is 0. The second-order valence-corrected chi connectivity index (χ2v) is 5.76. The Morgan fingerprint density at radius 1 is 1.37 bits per heavy atom. The van der Waals surface area contributed by atoms with E-state index in [1.54, 1.807) is 0 Å². The first-order chi connectivity index (χ1) is 8.93. The summed E-state index contributed by atoms with van der Waals surface area (Å²) >= 11 is 0. The van der Waals surface area contributed by atoms with Crippen molar-refractivity contribution in [1.82, 2.24) is 4.98 Å². The van der Waals surface area contributed by atoms with Gasteiger partial charge in [-0.1, -0.05) is 32.0 Å². The number of amides is 1. The Morgan fingerprint density at radius 3 is 2.74 bits per heavy atom. The average Bonchev–Trinajstić information content (AvgIpc) is 2.66. The second kappa shape index (κ2) is 5.05. The summed E-state index contributed by atoms with van der Waals surface area (Å²) < 4.78 is 0. The number of aromatic amines is 1. The Morgan fingerprint density at radius 2 is 2.05 bits per heavy atom. The highest BCUT2D eigenvalue weighted by Gasteiger charge is 2.21. The minimum atomic E-state index is -0.176. The third-order valence-corrected chi connectivity index (χ3v) is 3.35. The molecule has 0 fully saturated rings. The Bertz CT molecular complexity index is 598. The van der Waals surface area contributed by atoms with Crippen LogP contribution in [-0.2, 0) is 4.79 Å². The maximum absolute atomic E-state index is 12.1. The number of carbonyl (C=O) groups is 1. The number of fused-ring (bicyclic) bond motifs is 1. The van der Waals surface area contributed by atoms with Gasteiger partial charge in [-0.05, 0) is 24.9 Å². The van der Waals surface area contributed by atoms with Crippen LogP contribution in [0.3, 0.4) is 0 Å². The monoisotopic (exact) mass is 259 g/mol. The highest BCUT2D eigenvalue weighted by Crippen LogP contribution is 2.28. The molecule has 0 atom stereocenters. The van der Waals surface area contributed by atoms with Crippen molar-refractivity contribution < 1.29 is 4.79 Å². The number of benzene rings is 1. The first-order valence-electron chi connectivity index (χ1n) is 6.50. The summed E-state index contributed by atoms with van der Waals surface area (Å²) in [5, 5.41) is 4.04. The van der Waals surface area contributed by atoms with E-state index in [0.717, 1.165) is 22.3 Å². The number of nitrogens with two attached hydrogens (primary N) is 1. The molecule has 0 bridgehead atoms. The fraction of sp³-hybridized carbons (Fsp3) is 0.400. The Labute approximate surface area is 113 Å². The molecule has 4 N–H and O–H groups in total. The van der Waals surface area contributed by atoms with E-state index < -0.39 is 0 Å². The SMILES string of the molecule is Cc1[nH]c2ccccc2c1NC(=O)CC(C)(C)CN. The van der Waals surface area contributed by atoms with Gasteiger partial charge in [-0.3, -0.25) is 4.79 Å². The van der Waals surface area contributed by atoms with Crippen molar-refractivity contribution >= 4 is 22.5 Å². The molecule has 1 heterocycles. The molecule has 0 aliphatic heterocycles. The molecule has 0 unspecified atom stereocenters. The number of nitrogens with one attached hydrogen (secondary N) is 2. The summed E-state index contributed by atoms with van der Waals surface area (Å²) in [5.41, 5.74) is 8.36. The van der Waals surface area contributed by atoms with Crippen LogP contribution in [0.15, 0.2) is 24.3 Å². The third kappa shape index (κ3) is 2.96. The summed E-state index contributed by atoms with van der Waals surface area (Å²) in [4.78, 5) is 15.4. The average molecular weight is 259 g/mol. The lowest BCUT2D eigenvalue weighted by molar-refractivity contribution is -0.117. The van der Waals surface area contributed by atoms with Crippen LogP contribution >= 0.6 is 0 Å². The van der Waals surface area contributed by atoms with E-state index in [1.165, 1.54) is 0 Å². The third-order valence-electron chi connectivity index (χ3n) is 3.35. The van der Waals surface area contributed by atoms with E-state index >= 15 is 0 Å². The van der Waals surface area contributed by atoms with Gasteiger partial charge >= 0.3 is 0 Å². The van der Waals surface area contributed by atoms with Crippen LogP contribution in [0, 0.1) is 12.3 Å². The van der Waals surface area contributed by atoms with Crippen molar-refractivity contribution in [2.45, 2.75) is 27.2 Å². The highest BCUT2D eigenvalue weighted by atomic mass is 16.1. The number of para-hydroxylation sites is 1. The molecule has 2 aromatic rings. The zero-order valence-electron chi connectivity index (χ0n) is 11.7. The van der Waals surface area contributed by atoms with E-state index in [1.807, 2.05) is 45.0 Å². The maximum Gasteiger partial charge on any atom is 0.225 e. The Balaban J connectivity index is 2.22. The number of carbonyl (C=O) groups excluding carboxylic acids is 1. The topological polar surface area (TPSA) is 70.9 Å². The first-order valence-corrected chi connectivity index (χ1v) is 6.50. The normalized spacial score (nSPS) is 11.8. The predicted octanol–water partition coefficient (Wildman–Crippen LogP) is 2.79. The number of anilines is 1. The predicted molar refractivity (Wildman–Crippen MR) is 79.1 cm³/mol. The zero-order chi connectivity index (χ0) is 14.0. The zero-order valence-corrected chi connectivity index (χ0v) is 11.7. The molecule has 0 spiro atoms. The molecule has 0 aliphatic carbocycles. The molecule has 2 rings (SSSR count). The van der Waals surface area contributed by atoms with Crippen LogP contribution in [0.1, 0.15) is 26.0 Å². The minimum Gasteiger partial charge on any atom is -0.357 e.